The molecule has 112 valence electrons. The number of allylic oxidation sites excluding steroid dienone is 1. The van der Waals surface area contributed by atoms with Crippen molar-refractivity contribution in [1.29, 1.82) is 0 Å². The molecule has 1 fully saturated rings. The van der Waals surface area contributed by atoms with Crippen molar-refractivity contribution in [3.05, 3.63) is 24.8 Å². The zero-order chi connectivity index (χ0) is 14.7. The number of rotatable bonds is 7. The average molecular weight is 289 g/mol. The second-order valence-corrected chi connectivity index (χ2v) is 5.26. The lowest BCUT2D eigenvalue weighted by atomic mass is 10.1. The topological polar surface area (TPSA) is 96.1 Å². The molecule has 1 saturated carbocycles. The molecule has 2 aromatic heterocycles. The number of anilines is 1. The lowest BCUT2D eigenvalue weighted by Gasteiger charge is -2.05. The van der Waals surface area contributed by atoms with Gasteiger partial charge in [-0.05, 0) is 12.8 Å². The third kappa shape index (κ3) is 3.20. The predicted octanol–water partition coefficient (Wildman–Crippen LogP) is 0.558. The van der Waals surface area contributed by atoms with E-state index in [4.69, 9.17) is 10.2 Å². The summed E-state index contributed by atoms with van der Waals surface area (Å²) in [7, 11) is 0. The lowest BCUT2D eigenvalue weighted by Crippen LogP contribution is -2.07. The Kier molecular flexibility index (Phi) is 4.12. The molecule has 3 rings (SSSR count). The molecule has 0 saturated heterocycles. The van der Waals surface area contributed by atoms with E-state index in [1.807, 2.05) is 10.6 Å². The van der Waals surface area contributed by atoms with Crippen LogP contribution in [0.2, 0.25) is 0 Å². The molecule has 2 aromatic rings. The average Bonchev–Trinajstić information content (AvgIpc) is 3.23. The molecule has 0 amide bonds. The van der Waals surface area contributed by atoms with Crippen LogP contribution in [-0.4, -0.2) is 49.0 Å². The van der Waals surface area contributed by atoms with Crippen LogP contribution in [0.3, 0.4) is 0 Å². The molecular weight excluding hydrogens is 270 g/mol. The van der Waals surface area contributed by atoms with E-state index in [0.717, 1.165) is 17.0 Å². The first-order chi connectivity index (χ1) is 10.3. The first-order valence-corrected chi connectivity index (χ1v) is 7.12. The van der Waals surface area contributed by atoms with Crippen LogP contribution in [-0.2, 0) is 6.54 Å². The summed E-state index contributed by atoms with van der Waals surface area (Å²) in [6.45, 7) is 0.470. The Bertz CT molecular complexity index is 631. The molecule has 7 nitrogen and oxygen atoms in total. The molecule has 0 aromatic carbocycles. The summed E-state index contributed by atoms with van der Waals surface area (Å²) in [5.41, 5.74) is 1.56. The quantitative estimate of drug-likeness (QED) is 0.644. The maximum absolute atomic E-state index is 9.02. The number of hydrogen-bond acceptors (Lipinski definition) is 6. The highest BCUT2D eigenvalue weighted by molar-refractivity contribution is 5.82. The summed E-state index contributed by atoms with van der Waals surface area (Å²) < 4.78 is 1.91. The van der Waals surface area contributed by atoms with Crippen LogP contribution in [0.15, 0.2) is 24.8 Å². The third-order valence-corrected chi connectivity index (χ3v) is 3.50. The standard InChI is InChI=1S/C14H19N5O2/c20-6-10(7-21)2-1-5-19-9-17-12-13(18-11-3-4-11)15-8-16-14(12)19/h1-2,8-11,20-21H,3-7H2,(H,15,16,18)/b2-1-. The van der Waals surface area contributed by atoms with Gasteiger partial charge in [0.2, 0.25) is 0 Å². The smallest absolute Gasteiger partial charge is 0.165 e. The maximum Gasteiger partial charge on any atom is 0.165 e. The number of nitrogens with zero attached hydrogens (tertiary/aromatic N) is 4. The summed E-state index contributed by atoms with van der Waals surface area (Å²) in [5, 5.41) is 21.4. The highest BCUT2D eigenvalue weighted by Gasteiger charge is 2.23. The van der Waals surface area contributed by atoms with Crippen molar-refractivity contribution in [3.63, 3.8) is 0 Å². The van der Waals surface area contributed by atoms with Crippen LogP contribution in [0.1, 0.15) is 12.8 Å². The molecule has 0 aliphatic heterocycles. The number of fused-ring (bicyclic) bond motifs is 1. The monoisotopic (exact) mass is 289 g/mol. The van der Waals surface area contributed by atoms with Gasteiger partial charge < -0.3 is 20.1 Å². The fourth-order valence-corrected chi connectivity index (χ4v) is 2.09. The van der Waals surface area contributed by atoms with Crippen molar-refractivity contribution >= 4 is 17.0 Å². The lowest BCUT2D eigenvalue weighted by molar-refractivity contribution is 0.177. The Balaban J connectivity index is 1.76. The van der Waals surface area contributed by atoms with Crippen molar-refractivity contribution in [2.24, 2.45) is 5.92 Å². The highest BCUT2D eigenvalue weighted by atomic mass is 16.3. The number of aliphatic hydroxyl groups is 2. The van der Waals surface area contributed by atoms with Gasteiger partial charge in [-0.3, -0.25) is 0 Å². The molecule has 0 atom stereocenters. The van der Waals surface area contributed by atoms with Crippen LogP contribution >= 0.6 is 0 Å². The minimum absolute atomic E-state index is 0.0602. The van der Waals surface area contributed by atoms with E-state index in [2.05, 4.69) is 20.3 Å². The first kappa shape index (κ1) is 14.0. The van der Waals surface area contributed by atoms with Gasteiger partial charge in [0.25, 0.3) is 0 Å². The Hall–Kier alpha value is -1.99. The van der Waals surface area contributed by atoms with Crippen molar-refractivity contribution in [1.82, 2.24) is 19.5 Å². The molecule has 7 heteroatoms. The summed E-state index contributed by atoms with van der Waals surface area (Å²) in [6.07, 6.45) is 9.33. The number of aromatic nitrogens is 4. The van der Waals surface area contributed by atoms with Gasteiger partial charge in [0.1, 0.15) is 11.8 Å². The van der Waals surface area contributed by atoms with Gasteiger partial charge in [0.05, 0.1) is 19.5 Å². The molecule has 0 radical (unpaired) electrons. The van der Waals surface area contributed by atoms with Crippen molar-refractivity contribution in [2.45, 2.75) is 25.4 Å². The zero-order valence-corrected chi connectivity index (χ0v) is 11.7. The molecule has 1 aliphatic rings. The fraction of sp³-hybridized carbons (Fsp3) is 0.500. The summed E-state index contributed by atoms with van der Waals surface area (Å²) in [6, 6.07) is 0.517. The zero-order valence-electron chi connectivity index (χ0n) is 11.7. The van der Waals surface area contributed by atoms with Crippen LogP contribution in [0.25, 0.3) is 11.2 Å². The second kappa shape index (κ2) is 6.19. The van der Waals surface area contributed by atoms with Gasteiger partial charge in [-0.2, -0.15) is 0 Å². The molecule has 2 heterocycles. The molecule has 0 bridgehead atoms. The SMILES string of the molecule is OCC(/C=C\Cn1cnc2c(NC3CC3)ncnc21)CO. The second-order valence-electron chi connectivity index (χ2n) is 5.26. The van der Waals surface area contributed by atoms with Crippen molar-refractivity contribution < 1.29 is 10.2 Å². The van der Waals surface area contributed by atoms with Crippen LogP contribution in [0.5, 0.6) is 0 Å². The van der Waals surface area contributed by atoms with Gasteiger partial charge in [-0.25, -0.2) is 15.0 Å². The van der Waals surface area contributed by atoms with Crippen molar-refractivity contribution in [3.8, 4) is 0 Å². The number of imidazole rings is 1. The number of aliphatic hydroxyl groups excluding tert-OH is 2. The van der Waals surface area contributed by atoms with Crippen LogP contribution in [0.4, 0.5) is 5.82 Å². The van der Waals surface area contributed by atoms with E-state index >= 15 is 0 Å². The van der Waals surface area contributed by atoms with E-state index in [0.29, 0.717) is 12.6 Å². The Morgan fingerprint density at radius 2 is 2.10 bits per heavy atom. The predicted molar refractivity (Wildman–Crippen MR) is 78.8 cm³/mol. The third-order valence-electron chi connectivity index (χ3n) is 3.50. The summed E-state index contributed by atoms with van der Waals surface area (Å²) >= 11 is 0. The fourth-order valence-electron chi connectivity index (χ4n) is 2.09. The molecule has 3 N–H and O–H groups in total. The van der Waals surface area contributed by atoms with E-state index in [-0.39, 0.29) is 19.1 Å². The molecule has 1 aliphatic carbocycles. The Labute approximate surface area is 122 Å². The van der Waals surface area contributed by atoms with Crippen molar-refractivity contribution in [2.75, 3.05) is 18.5 Å². The number of nitrogens with one attached hydrogen (secondary N) is 1. The van der Waals surface area contributed by atoms with Gasteiger partial charge in [0, 0.05) is 18.5 Å². The minimum atomic E-state index is -0.221. The van der Waals surface area contributed by atoms with E-state index < -0.39 is 0 Å². The minimum Gasteiger partial charge on any atom is -0.396 e. The summed E-state index contributed by atoms with van der Waals surface area (Å²) in [5.74, 6) is 0.565. The van der Waals surface area contributed by atoms with Crippen LogP contribution in [0, 0.1) is 5.92 Å². The maximum atomic E-state index is 9.02. The molecule has 0 spiro atoms. The molecular formula is C14H19N5O2. The largest absolute Gasteiger partial charge is 0.396 e. The van der Waals surface area contributed by atoms with E-state index in [9.17, 15) is 0 Å². The highest BCUT2D eigenvalue weighted by Crippen LogP contribution is 2.26. The summed E-state index contributed by atoms with van der Waals surface area (Å²) in [4.78, 5) is 12.9. The van der Waals surface area contributed by atoms with Gasteiger partial charge in [0.15, 0.2) is 11.5 Å². The Morgan fingerprint density at radius 3 is 2.81 bits per heavy atom. The first-order valence-electron chi connectivity index (χ1n) is 7.12. The van der Waals surface area contributed by atoms with Gasteiger partial charge >= 0.3 is 0 Å². The Morgan fingerprint density at radius 1 is 1.29 bits per heavy atom. The van der Waals surface area contributed by atoms with E-state index in [1.54, 1.807) is 18.7 Å². The molecule has 0 unspecified atom stereocenters. The normalized spacial score (nSPS) is 15.4. The van der Waals surface area contributed by atoms with Gasteiger partial charge in [-0.15, -0.1) is 0 Å². The van der Waals surface area contributed by atoms with Gasteiger partial charge in [-0.1, -0.05) is 12.2 Å². The van der Waals surface area contributed by atoms with E-state index in [1.165, 1.54) is 12.8 Å². The molecule has 21 heavy (non-hydrogen) atoms. The number of hydrogen-bond donors (Lipinski definition) is 3. The van der Waals surface area contributed by atoms with Crippen LogP contribution < -0.4 is 5.32 Å².